The highest BCUT2D eigenvalue weighted by Crippen LogP contribution is 2.03. The fourth-order valence-electron chi connectivity index (χ4n) is 1.49. The van der Waals surface area contributed by atoms with Gasteiger partial charge in [0.25, 0.3) is 0 Å². The average molecular weight is 360 g/mol. The number of amides is 1. The Labute approximate surface area is 140 Å². The van der Waals surface area contributed by atoms with Gasteiger partial charge in [-0.25, -0.2) is 13.1 Å². The third-order valence-electron chi connectivity index (χ3n) is 3.22. The molecule has 0 aliphatic carbocycles. The lowest BCUT2D eigenvalue weighted by Gasteiger charge is -2.21. The second-order valence-corrected chi connectivity index (χ2v) is 7.28. The van der Waals surface area contributed by atoms with Crippen molar-refractivity contribution in [3.8, 4) is 0 Å². The molecule has 134 valence electrons. The van der Waals surface area contributed by atoms with E-state index < -0.39 is 10.0 Å². The smallest absolute Gasteiger partial charge is 0.237 e. The van der Waals surface area contributed by atoms with E-state index in [1.165, 1.54) is 4.90 Å². The van der Waals surface area contributed by atoms with Crippen LogP contribution in [-0.2, 0) is 19.6 Å². The summed E-state index contributed by atoms with van der Waals surface area (Å²) in [6, 6.07) is 0.0307. The summed E-state index contributed by atoms with van der Waals surface area (Å²) in [5.41, 5.74) is 5.91. The number of hydrogen-bond acceptors (Lipinski definition) is 5. The molecular weight excluding hydrogens is 330 g/mol. The maximum absolute atomic E-state index is 11.8. The Hall–Kier alpha value is -0.410. The number of nitrogens with two attached hydrogens (primary N) is 1. The molecule has 0 heterocycles. The van der Waals surface area contributed by atoms with Crippen molar-refractivity contribution in [2.75, 3.05) is 39.1 Å². The molecule has 0 rings (SSSR count). The van der Waals surface area contributed by atoms with Crippen molar-refractivity contribution in [3.63, 3.8) is 0 Å². The molecule has 0 bridgehead atoms. The molecule has 0 aromatic rings. The van der Waals surface area contributed by atoms with Gasteiger partial charge in [-0.2, -0.15) is 0 Å². The number of likely N-dealkylation sites (N-methyl/N-ethyl adjacent to an activating group) is 1. The van der Waals surface area contributed by atoms with Crippen LogP contribution in [-0.4, -0.2) is 64.4 Å². The van der Waals surface area contributed by atoms with E-state index >= 15 is 0 Å². The lowest BCUT2D eigenvalue weighted by molar-refractivity contribution is -0.128. The number of halogens is 1. The van der Waals surface area contributed by atoms with Gasteiger partial charge in [-0.05, 0) is 19.3 Å². The van der Waals surface area contributed by atoms with Crippen molar-refractivity contribution in [1.29, 1.82) is 0 Å². The molecule has 0 aromatic carbocycles. The normalized spacial score (nSPS) is 12.8. The zero-order chi connectivity index (χ0) is 16.5. The van der Waals surface area contributed by atoms with Crippen molar-refractivity contribution in [2.24, 2.45) is 11.7 Å². The Morgan fingerprint density at radius 3 is 2.45 bits per heavy atom. The molecule has 1 atom stereocenters. The standard InChI is InChI=1S/C13H29N3O4S.ClH/c1-5-20-8-9-21(18,19)15-10-13(17)16(4)7-6-12(14)11(2)3;/h11-12,15H,5-10,14H2,1-4H3;1H. The van der Waals surface area contributed by atoms with Crippen LogP contribution in [0.4, 0.5) is 0 Å². The van der Waals surface area contributed by atoms with Crippen molar-refractivity contribution in [2.45, 2.75) is 33.2 Å². The molecule has 1 amide bonds. The Kier molecular flexibility index (Phi) is 13.1. The van der Waals surface area contributed by atoms with Crippen LogP contribution >= 0.6 is 12.4 Å². The lowest BCUT2D eigenvalue weighted by Crippen LogP contribution is -2.41. The van der Waals surface area contributed by atoms with Crippen molar-refractivity contribution >= 4 is 28.3 Å². The predicted molar refractivity (Wildman–Crippen MR) is 90.6 cm³/mol. The van der Waals surface area contributed by atoms with Crippen LogP contribution in [0.3, 0.4) is 0 Å². The first-order valence-corrected chi connectivity index (χ1v) is 8.89. The highest BCUT2D eigenvalue weighted by atomic mass is 35.5. The number of ether oxygens (including phenoxy) is 1. The Balaban J connectivity index is 0. The lowest BCUT2D eigenvalue weighted by atomic mass is 10.0. The van der Waals surface area contributed by atoms with E-state index in [2.05, 4.69) is 4.72 Å². The minimum absolute atomic E-state index is 0. The second-order valence-electron chi connectivity index (χ2n) is 5.35. The minimum atomic E-state index is -3.47. The first-order chi connectivity index (χ1) is 9.69. The Morgan fingerprint density at radius 2 is 1.95 bits per heavy atom. The van der Waals surface area contributed by atoms with Gasteiger partial charge in [0.1, 0.15) is 0 Å². The molecule has 3 N–H and O–H groups in total. The fourth-order valence-corrected chi connectivity index (χ4v) is 2.32. The molecule has 0 fully saturated rings. The molecular formula is C13H30ClN3O4S. The van der Waals surface area contributed by atoms with Crippen LogP contribution in [0.5, 0.6) is 0 Å². The zero-order valence-corrected chi connectivity index (χ0v) is 15.5. The third-order valence-corrected chi connectivity index (χ3v) is 4.51. The summed E-state index contributed by atoms with van der Waals surface area (Å²) in [6.07, 6.45) is 0.691. The molecule has 9 heteroatoms. The number of nitrogens with one attached hydrogen (secondary N) is 1. The van der Waals surface area contributed by atoms with E-state index in [1.54, 1.807) is 14.0 Å². The molecule has 0 saturated carbocycles. The van der Waals surface area contributed by atoms with Gasteiger partial charge >= 0.3 is 0 Å². The number of nitrogens with zero attached hydrogens (tertiary/aromatic N) is 1. The summed E-state index contributed by atoms with van der Waals surface area (Å²) < 4.78 is 30.5. The molecule has 0 spiro atoms. The second kappa shape index (κ2) is 12.1. The van der Waals surface area contributed by atoms with E-state index in [4.69, 9.17) is 10.5 Å². The maximum Gasteiger partial charge on any atom is 0.237 e. The Morgan fingerprint density at radius 1 is 1.36 bits per heavy atom. The van der Waals surface area contributed by atoms with E-state index in [0.717, 1.165) is 0 Å². The van der Waals surface area contributed by atoms with E-state index in [-0.39, 0.29) is 43.3 Å². The van der Waals surface area contributed by atoms with Crippen molar-refractivity contribution in [3.05, 3.63) is 0 Å². The van der Waals surface area contributed by atoms with Gasteiger partial charge < -0.3 is 15.4 Å². The summed E-state index contributed by atoms with van der Waals surface area (Å²) >= 11 is 0. The van der Waals surface area contributed by atoms with Gasteiger partial charge in [-0.15, -0.1) is 12.4 Å². The number of carbonyl (C=O) groups excluding carboxylic acids is 1. The summed E-state index contributed by atoms with van der Waals surface area (Å²) in [6.45, 7) is 6.71. The van der Waals surface area contributed by atoms with E-state index in [1.807, 2.05) is 13.8 Å². The molecule has 0 aliphatic heterocycles. The highest BCUT2D eigenvalue weighted by Gasteiger charge is 2.16. The maximum atomic E-state index is 11.8. The van der Waals surface area contributed by atoms with Crippen LogP contribution < -0.4 is 10.5 Å². The molecule has 0 aliphatic rings. The van der Waals surface area contributed by atoms with E-state index in [0.29, 0.717) is 25.5 Å². The Bertz CT molecular complexity index is 404. The topological polar surface area (TPSA) is 102 Å². The van der Waals surface area contributed by atoms with Crippen LogP contribution in [0.2, 0.25) is 0 Å². The van der Waals surface area contributed by atoms with Gasteiger partial charge in [0, 0.05) is 26.2 Å². The highest BCUT2D eigenvalue weighted by molar-refractivity contribution is 7.89. The van der Waals surface area contributed by atoms with Crippen LogP contribution in [0, 0.1) is 5.92 Å². The van der Waals surface area contributed by atoms with Crippen molar-refractivity contribution < 1.29 is 17.9 Å². The predicted octanol–water partition coefficient (Wildman–Crippen LogP) is 0.196. The van der Waals surface area contributed by atoms with Gasteiger partial charge in [0.05, 0.1) is 18.9 Å². The summed E-state index contributed by atoms with van der Waals surface area (Å²) in [7, 11) is -1.83. The molecule has 0 aromatic heterocycles. The molecule has 0 saturated heterocycles. The number of carbonyl (C=O) groups is 1. The number of sulfonamides is 1. The van der Waals surface area contributed by atoms with Crippen molar-refractivity contribution in [1.82, 2.24) is 9.62 Å². The van der Waals surface area contributed by atoms with Gasteiger partial charge in [0.2, 0.25) is 15.9 Å². The first-order valence-electron chi connectivity index (χ1n) is 7.24. The van der Waals surface area contributed by atoms with Crippen LogP contribution in [0.15, 0.2) is 0 Å². The third kappa shape index (κ3) is 11.2. The SMILES string of the molecule is CCOCCS(=O)(=O)NCC(=O)N(C)CCC(N)C(C)C.Cl. The molecule has 0 radical (unpaired) electrons. The first kappa shape index (κ1) is 23.9. The van der Waals surface area contributed by atoms with E-state index in [9.17, 15) is 13.2 Å². The summed E-state index contributed by atoms with van der Waals surface area (Å²) in [5, 5.41) is 0. The number of rotatable bonds is 11. The largest absolute Gasteiger partial charge is 0.381 e. The minimum Gasteiger partial charge on any atom is -0.381 e. The molecule has 22 heavy (non-hydrogen) atoms. The van der Waals surface area contributed by atoms with Crippen LogP contribution in [0.25, 0.3) is 0 Å². The summed E-state index contributed by atoms with van der Waals surface area (Å²) in [5.74, 6) is -0.0627. The van der Waals surface area contributed by atoms with Gasteiger partial charge in [-0.3, -0.25) is 4.79 Å². The summed E-state index contributed by atoms with van der Waals surface area (Å²) in [4.78, 5) is 13.3. The zero-order valence-electron chi connectivity index (χ0n) is 13.9. The monoisotopic (exact) mass is 359 g/mol. The molecule has 1 unspecified atom stereocenters. The quantitative estimate of drug-likeness (QED) is 0.513. The van der Waals surface area contributed by atoms with Gasteiger partial charge in [-0.1, -0.05) is 13.8 Å². The molecule has 7 nitrogen and oxygen atoms in total. The average Bonchev–Trinajstić information content (AvgIpc) is 2.41. The number of hydrogen-bond donors (Lipinski definition) is 2. The van der Waals surface area contributed by atoms with Crippen LogP contribution in [0.1, 0.15) is 27.2 Å². The van der Waals surface area contributed by atoms with Gasteiger partial charge in [0.15, 0.2) is 0 Å². The fraction of sp³-hybridized carbons (Fsp3) is 0.923.